The number of hydrogen-bond donors (Lipinski definition) is 0. The quantitative estimate of drug-likeness (QED) is 0.608. The van der Waals surface area contributed by atoms with Crippen LogP contribution in [0.5, 0.6) is 5.75 Å². The maximum atomic E-state index is 13.2. The van der Waals surface area contributed by atoms with Gasteiger partial charge in [0.15, 0.2) is 0 Å². The van der Waals surface area contributed by atoms with E-state index in [1.807, 2.05) is 0 Å². The average Bonchev–Trinajstić information content (AvgIpc) is 3.38. The zero-order valence-electron chi connectivity index (χ0n) is 18.2. The van der Waals surface area contributed by atoms with Crippen LogP contribution in [-0.2, 0) is 24.3 Å². The third-order valence-electron chi connectivity index (χ3n) is 6.08. The molecule has 3 aliphatic rings. The molecule has 176 valence electrons. The number of rotatable bonds is 5. The molecule has 3 saturated heterocycles. The fraction of sp³-hybridized carbons (Fsp3) is 0.619. The molecule has 1 unspecified atom stereocenters. The van der Waals surface area contributed by atoms with E-state index >= 15 is 0 Å². The number of piperazine rings is 1. The monoisotopic (exact) mass is 467 g/mol. The highest BCUT2D eigenvalue weighted by molar-refractivity contribution is 7.89. The third kappa shape index (κ3) is 4.61. The van der Waals surface area contributed by atoms with Crippen LogP contribution in [0.25, 0.3) is 0 Å². The van der Waals surface area contributed by atoms with Crippen molar-refractivity contribution in [3.63, 3.8) is 0 Å². The highest BCUT2D eigenvalue weighted by Crippen LogP contribution is 2.29. The maximum absolute atomic E-state index is 13.2. The van der Waals surface area contributed by atoms with Gasteiger partial charge in [-0.3, -0.25) is 9.59 Å². The summed E-state index contributed by atoms with van der Waals surface area (Å²) in [5.41, 5.74) is 0.275. The molecule has 1 atom stereocenters. The largest absolute Gasteiger partial charge is 0.495 e. The topological polar surface area (TPSA) is 106 Å². The number of carbonyl (C=O) groups is 2. The summed E-state index contributed by atoms with van der Waals surface area (Å²) in [6.45, 7) is 3.41. The zero-order chi connectivity index (χ0) is 22.7. The lowest BCUT2D eigenvalue weighted by molar-refractivity contribution is -0.142. The van der Waals surface area contributed by atoms with Crippen LogP contribution in [0, 0.1) is 0 Å². The Hall–Kier alpha value is -2.21. The third-order valence-corrected chi connectivity index (χ3v) is 8.00. The van der Waals surface area contributed by atoms with Crippen molar-refractivity contribution in [3.05, 3.63) is 23.8 Å². The van der Waals surface area contributed by atoms with Gasteiger partial charge in [-0.25, -0.2) is 8.42 Å². The molecule has 10 nitrogen and oxygen atoms in total. The van der Waals surface area contributed by atoms with Crippen molar-refractivity contribution < 1.29 is 32.2 Å². The first-order valence-electron chi connectivity index (χ1n) is 10.9. The van der Waals surface area contributed by atoms with E-state index in [4.69, 9.17) is 14.2 Å². The lowest BCUT2D eigenvalue weighted by Gasteiger charge is -2.36. The Kier molecular flexibility index (Phi) is 6.99. The molecular weight excluding hydrogens is 438 g/mol. The maximum Gasteiger partial charge on any atom is 0.254 e. The predicted molar refractivity (Wildman–Crippen MR) is 114 cm³/mol. The molecule has 1 aromatic carbocycles. The minimum Gasteiger partial charge on any atom is -0.495 e. The first-order valence-corrected chi connectivity index (χ1v) is 12.3. The fourth-order valence-electron chi connectivity index (χ4n) is 4.23. The first-order chi connectivity index (χ1) is 15.4. The van der Waals surface area contributed by atoms with E-state index in [1.165, 1.54) is 23.5 Å². The second-order valence-electron chi connectivity index (χ2n) is 8.00. The van der Waals surface area contributed by atoms with E-state index in [0.29, 0.717) is 46.0 Å². The molecule has 0 aliphatic carbocycles. The van der Waals surface area contributed by atoms with Gasteiger partial charge in [0.1, 0.15) is 16.7 Å². The Morgan fingerprint density at radius 2 is 1.69 bits per heavy atom. The highest BCUT2D eigenvalue weighted by atomic mass is 32.2. The van der Waals surface area contributed by atoms with Crippen molar-refractivity contribution in [3.8, 4) is 5.75 Å². The standard InChI is InChI=1S/C21H29N3O7S/c1-29-17-5-4-16(15-19(17)32(27,28)24-10-13-30-14-11-24)20(25)22-6-8-23(9-7-22)21(26)18-3-2-12-31-18/h4-5,15,18H,2-3,6-14H2,1H3. The summed E-state index contributed by atoms with van der Waals surface area (Å²) in [6, 6.07) is 4.47. The Morgan fingerprint density at radius 3 is 2.31 bits per heavy atom. The summed E-state index contributed by atoms with van der Waals surface area (Å²) in [5, 5.41) is 0. The second-order valence-corrected chi connectivity index (χ2v) is 9.91. The number of amides is 2. The van der Waals surface area contributed by atoms with Crippen LogP contribution >= 0.6 is 0 Å². The van der Waals surface area contributed by atoms with E-state index in [2.05, 4.69) is 0 Å². The Balaban J connectivity index is 1.47. The molecule has 11 heteroatoms. The summed E-state index contributed by atoms with van der Waals surface area (Å²) in [4.78, 5) is 29.0. The number of ether oxygens (including phenoxy) is 3. The van der Waals surface area contributed by atoms with Crippen LogP contribution in [-0.4, -0.2) is 107 Å². The molecule has 1 aromatic rings. The van der Waals surface area contributed by atoms with E-state index in [9.17, 15) is 18.0 Å². The summed E-state index contributed by atoms with van der Waals surface area (Å²) in [7, 11) is -2.43. The SMILES string of the molecule is COc1ccc(C(=O)N2CCN(C(=O)C3CCCO3)CC2)cc1S(=O)(=O)N1CCOCC1. The molecule has 0 saturated carbocycles. The van der Waals surface area contributed by atoms with Gasteiger partial charge in [-0.2, -0.15) is 4.31 Å². The molecule has 2 amide bonds. The van der Waals surface area contributed by atoms with Crippen LogP contribution < -0.4 is 4.74 Å². The van der Waals surface area contributed by atoms with Crippen LogP contribution in [0.1, 0.15) is 23.2 Å². The summed E-state index contributed by atoms with van der Waals surface area (Å²) >= 11 is 0. The molecule has 0 N–H and O–H groups in total. The van der Waals surface area contributed by atoms with Crippen molar-refractivity contribution in [2.45, 2.75) is 23.8 Å². The normalized spacial score (nSPS) is 22.7. The number of morpholine rings is 1. The van der Waals surface area contributed by atoms with Crippen molar-refractivity contribution in [1.82, 2.24) is 14.1 Å². The van der Waals surface area contributed by atoms with Crippen molar-refractivity contribution in [2.75, 3.05) is 66.2 Å². The smallest absolute Gasteiger partial charge is 0.254 e. The van der Waals surface area contributed by atoms with Gasteiger partial charge in [0.2, 0.25) is 10.0 Å². The van der Waals surface area contributed by atoms with Crippen LogP contribution in [0.15, 0.2) is 23.1 Å². The minimum atomic E-state index is -3.83. The lowest BCUT2D eigenvalue weighted by atomic mass is 10.1. The van der Waals surface area contributed by atoms with Gasteiger partial charge in [-0.15, -0.1) is 0 Å². The van der Waals surface area contributed by atoms with Gasteiger partial charge in [0.25, 0.3) is 11.8 Å². The molecule has 3 fully saturated rings. The van der Waals surface area contributed by atoms with Crippen molar-refractivity contribution in [2.24, 2.45) is 0 Å². The molecule has 3 heterocycles. The van der Waals surface area contributed by atoms with Gasteiger partial charge in [0, 0.05) is 51.4 Å². The van der Waals surface area contributed by atoms with Crippen molar-refractivity contribution in [1.29, 1.82) is 0 Å². The van der Waals surface area contributed by atoms with Gasteiger partial charge in [0.05, 0.1) is 20.3 Å². The van der Waals surface area contributed by atoms with Gasteiger partial charge in [-0.1, -0.05) is 0 Å². The number of methoxy groups -OCH3 is 1. The van der Waals surface area contributed by atoms with E-state index in [-0.39, 0.29) is 47.2 Å². The predicted octanol–water partition coefficient (Wildman–Crippen LogP) is 0.180. The van der Waals surface area contributed by atoms with Crippen LogP contribution in [0.2, 0.25) is 0 Å². The fourth-order valence-corrected chi connectivity index (χ4v) is 5.82. The minimum absolute atomic E-state index is 0.0158. The molecule has 3 aliphatic heterocycles. The number of sulfonamides is 1. The van der Waals surface area contributed by atoms with E-state index < -0.39 is 10.0 Å². The van der Waals surface area contributed by atoms with Crippen LogP contribution in [0.3, 0.4) is 0 Å². The Morgan fingerprint density at radius 1 is 1.00 bits per heavy atom. The zero-order valence-corrected chi connectivity index (χ0v) is 19.0. The summed E-state index contributed by atoms with van der Waals surface area (Å²) in [6.07, 6.45) is 1.26. The van der Waals surface area contributed by atoms with Crippen molar-refractivity contribution >= 4 is 21.8 Å². The van der Waals surface area contributed by atoms with E-state index in [0.717, 1.165) is 12.8 Å². The molecule has 0 radical (unpaired) electrons. The lowest BCUT2D eigenvalue weighted by Crippen LogP contribution is -2.52. The molecule has 0 aromatic heterocycles. The number of carbonyl (C=O) groups excluding carboxylic acids is 2. The number of nitrogens with zero attached hydrogens (tertiary/aromatic N) is 3. The molecular formula is C21H29N3O7S. The number of benzene rings is 1. The van der Waals surface area contributed by atoms with E-state index in [1.54, 1.807) is 15.9 Å². The number of hydrogen-bond acceptors (Lipinski definition) is 7. The highest BCUT2D eigenvalue weighted by Gasteiger charge is 2.33. The summed E-state index contributed by atoms with van der Waals surface area (Å²) < 4.78 is 43.7. The molecule has 0 spiro atoms. The van der Waals surface area contributed by atoms with Gasteiger partial charge >= 0.3 is 0 Å². The summed E-state index contributed by atoms with van der Waals surface area (Å²) in [5.74, 6) is -0.0896. The Labute approximate surface area is 188 Å². The Bertz CT molecular complexity index is 948. The molecule has 0 bridgehead atoms. The van der Waals surface area contributed by atoms with Crippen LogP contribution in [0.4, 0.5) is 0 Å². The average molecular weight is 468 g/mol. The second kappa shape index (κ2) is 9.74. The first kappa shape index (κ1) is 23.0. The molecule has 4 rings (SSSR count). The van der Waals surface area contributed by atoms with Gasteiger partial charge in [-0.05, 0) is 31.0 Å². The van der Waals surface area contributed by atoms with Gasteiger partial charge < -0.3 is 24.0 Å². The molecule has 32 heavy (non-hydrogen) atoms.